The molecule has 28 heavy (non-hydrogen) atoms. The number of aryl methyl sites for hydroxylation is 6. The summed E-state index contributed by atoms with van der Waals surface area (Å²) in [5.41, 5.74) is 11.5. The first kappa shape index (κ1) is 25.1. The van der Waals surface area contributed by atoms with Crippen molar-refractivity contribution in [3.05, 3.63) is 64.0 Å². The standard InChI is InChI=1S/C26H38B.Li/c1-8-9-10-11-12-13-14-27(25-21(4)15-19(2)16-22(25)5)26-23(6)17-20(3)18-24(26)7;/h14-18H,8-13H2,1-7H3;/q-1;+1. The summed E-state index contributed by atoms with van der Waals surface area (Å²) < 4.78 is 0. The summed E-state index contributed by atoms with van der Waals surface area (Å²) in [6.07, 6.45) is 10.5. The van der Waals surface area contributed by atoms with Crippen LogP contribution in [0, 0.1) is 47.9 Å². The van der Waals surface area contributed by atoms with Crippen molar-refractivity contribution in [3.8, 4) is 0 Å². The quantitative estimate of drug-likeness (QED) is 0.362. The predicted molar refractivity (Wildman–Crippen MR) is 124 cm³/mol. The van der Waals surface area contributed by atoms with Gasteiger partial charge in [0.25, 0.3) is 0 Å². The van der Waals surface area contributed by atoms with Crippen molar-refractivity contribution in [1.29, 1.82) is 0 Å². The Morgan fingerprint density at radius 2 is 1.04 bits per heavy atom. The van der Waals surface area contributed by atoms with E-state index in [9.17, 15) is 0 Å². The Morgan fingerprint density at radius 1 is 0.643 bits per heavy atom. The molecule has 0 unspecified atom stereocenters. The van der Waals surface area contributed by atoms with Gasteiger partial charge in [-0.3, -0.25) is 0 Å². The molecule has 2 rings (SSSR count). The third-order valence-electron chi connectivity index (χ3n) is 5.81. The Balaban J connectivity index is 0.00000392. The molecule has 2 aromatic rings. The van der Waals surface area contributed by atoms with Crippen LogP contribution in [0.15, 0.2) is 24.3 Å². The van der Waals surface area contributed by atoms with Crippen LogP contribution in [-0.4, -0.2) is 6.71 Å². The van der Waals surface area contributed by atoms with Crippen LogP contribution >= 0.6 is 0 Å². The van der Waals surface area contributed by atoms with Crippen molar-refractivity contribution >= 4 is 17.6 Å². The summed E-state index contributed by atoms with van der Waals surface area (Å²) in [5, 5.41) is 0. The second kappa shape index (κ2) is 11.9. The van der Waals surface area contributed by atoms with E-state index in [1.54, 1.807) is 0 Å². The van der Waals surface area contributed by atoms with Crippen molar-refractivity contribution in [3.63, 3.8) is 0 Å². The number of benzene rings is 2. The zero-order valence-electron chi connectivity index (χ0n) is 19.7. The van der Waals surface area contributed by atoms with E-state index in [1.165, 1.54) is 82.8 Å². The Hall–Kier alpha value is -0.898. The molecular formula is C26H38BLi. The maximum absolute atomic E-state index is 2.60. The normalized spacial score (nSPS) is 10.7. The van der Waals surface area contributed by atoms with E-state index in [0.29, 0.717) is 6.71 Å². The number of hydrogen-bond acceptors (Lipinski definition) is 0. The van der Waals surface area contributed by atoms with Gasteiger partial charge in [-0.15, -0.1) is 10.9 Å². The molecule has 0 aliphatic heterocycles. The van der Waals surface area contributed by atoms with Crippen LogP contribution in [0.25, 0.3) is 0 Å². The Bertz CT molecular complexity index is 660. The summed E-state index contributed by atoms with van der Waals surface area (Å²) in [5.74, 6) is 0. The van der Waals surface area contributed by atoms with Crippen LogP contribution in [-0.2, 0) is 0 Å². The van der Waals surface area contributed by atoms with E-state index in [0.717, 1.165) is 0 Å². The summed E-state index contributed by atoms with van der Waals surface area (Å²) in [4.78, 5) is 0. The minimum absolute atomic E-state index is 0. The van der Waals surface area contributed by atoms with Gasteiger partial charge in [0.2, 0.25) is 0 Å². The van der Waals surface area contributed by atoms with E-state index in [2.05, 4.69) is 79.1 Å². The van der Waals surface area contributed by atoms with Crippen molar-refractivity contribution in [2.75, 3.05) is 0 Å². The zero-order valence-corrected chi connectivity index (χ0v) is 19.7. The molecule has 0 bridgehead atoms. The molecule has 0 nitrogen and oxygen atoms in total. The van der Waals surface area contributed by atoms with Crippen LogP contribution in [0.5, 0.6) is 0 Å². The Kier molecular flexibility index (Phi) is 10.7. The second-order valence-corrected chi connectivity index (χ2v) is 8.54. The van der Waals surface area contributed by atoms with Gasteiger partial charge in [-0.1, -0.05) is 96.7 Å². The maximum Gasteiger partial charge on any atom is 1.00 e. The molecule has 0 N–H and O–H groups in total. The Labute approximate surface area is 187 Å². The molecule has 0 spiro atoms. The van der Waals surface area contributed by atoms with Crippen molar-refractivity contribution in [2.45, 2.75) is 87.0 Å². The minimum atomic E-state index is 0. The van der Waals surface area contributed by atoms with Gasteiger partial charge < -0.3 is 6.32 Å². The first-order valence-corrected chi connectivity index (χ1v) is 10.8. The maximum atomic E-state index is 2.60. The van der Waals surface area contributed by atoms with Crippen LogP contribution in [0.4, 0.5) is 0 Å². The van der Waals surface area contributed by atoms with E-state index >= 15 is 0 Å². The van der Waals surface area contributed by atoms with Gasteiger partial charge in [0.05, 0.1) is 0 Å². The number of unbranched alkanes of at least 4 members (excludes halogenated alkanes) is 5. The van der Waals surface area contributed by atoms with E-state index < -0.39 is 0 Å². The largest absolute Gasteiger partial charge is 1.00 e. The van der Waals surface area contributed by atoms with E-state index in [1.807, 2.05) is 0 Å². The topological polar surface area (TPSA) is 0 Å². The van der Waals surface area contributed by atoms with Gasteiger partial charge in [-0.2, -0.15) is 6.42 Å². The van der Waals surface area contributed by atoms with Crippen LogP contribution in [0.2, 0.25) is 0 Å². The molecule has 0 atom stereocenters. The van der Waals surface area contributed by atoms with Crippen molar-refractivity contribution in [1.82, 2.24) is 0 Å². The van der Waals surface area contributed by atoms with Crippen LogP contribution in [0.1, 0.15) is 78.8 Å². The average molecular weight is 368 g/mol. The summed E-state index contributed by atoms with van der Waals surface area (Å²) in [6.45, 7) is 16.3. The van der Waals surface area contributed by atoms with Crippen molar-refractivity contribution < 1.29 is 18.9 Å². The van der Waals surface area contributed by atoms with Crippen LogP contribution < -0.4 is 29.8 Å². The van der Waals surface area contributed by atoms with Crippen LogP contribution in [0.3, 0.4) is 0 Å². The zero-order chi connectivity index (χ0) is 20.0. The van der Waals surface area contributed by atoms with Gasteiger partial charge in [0.1, 0.15) is 0 Å². The molecular weight excluding hydrogens is 330 g/mol. The predicted octanol–water partition coefficient (Wildman–Crippen LogP) is 3.25. The molecule has 2 heteroatoms. The molecule has 0 aromatic heterocycles. The van der Waals surface area contributed by atoms with Gasteiger partial charge >= 0.3 is 18.9 Å². The van der Waals surface area contributed by atoms with Gasteiger partial charge in [-0.25, -0.2) is 0 Å². The third-order valence-corrected chi connectivity index (χ3v) is 5.81. The molecule has 0 heterocycles. The Morgan fingerprint density at radius 3 is 1.43 bits per heavy atom. The fraction of sp³-hybridized carbons (Fsp3) is 0.500. The summed E-state index contributed by atoms with van der Waals surface area (Å²) >= 11 is 0. The SMILES string of the molecule is CCCCCCC[CH-]B(c1c(C)cc(C)cc1C)c1c(C)cc(C)cc1C.[Li+]. The van der Waals surface area contributed by atoms with Gasteiger partial charge in [0, 0.05) is 6.71 Å². The minimum Gasteiger partial charge on any atom is -0.340 e. The molecule has 0 fully saturated rings. The monoisotopic (exact) mass is 368 g/mol. The molecule has 0 saturated carbocycles. The molecule has 2 aromatic carbocycles. The molecule has 0 saturated heterocycles. The van der Waals surface area contributed by atoms with E-state index in [-0.39, 0.29) is 18.9 Å². The summed E-state index contributed by atoms with van der Waals surface area (Å²) in [7, 11) is 0. The van der Waals surface area contributed by atoms with E-state index in [4.69, 9.17) is 0 Å². The molecule has 0 aliphatic rings. The van der Waals surface area contributed by atoms with Gasteiger partial charge in [0.15, 0.2) is 0 Å². The van der Waals surface area contributed by atoms with Gasteiger partial charge in [-0.05, 0) is 41.5 Å². The first-order valence-electron chi connectivity index (χ1n) is 10.8. The number of rotatable bonds is 9. The average Bonchev–Trinajstić information content (AvgIpc) is 2.55. The number of hydrogen-bond donors (Lipinski definition) is 0. The summed E-state index contributed by atoms with van der Waals surface area (Å²) in [6, 6.07) is 9.40. The second-order valence-electron chi connectivity index (χ2n) is 8.54. The van der Waals surface area contributed by atoms with Crippen molar-refractivity contribution in [2.24, 2.45) is 0 Å². The molecule has 0 radical (unpaired) electrons. The third kappa shape index (κ3) is 6.57. The smallest absolute Gasteiger partial charge is 0.340 e. The molecule has 146 valence electrons. The fourth-order valence-corrected chi connectivity index (χ4v) is 4.78. The fourth-order valence-electron chi connectivity index (χ4n) is 4.78. The molecule has 0 amide bonds. The molecule has 0 aliphatic carbocycles. The first-order chi connectivity index (χ1) is 12.8.